The van der Waals surface area contributed by atoms with E-state index in [1.165, 1.54) is 12.8 Å². The van der Waals surface area contributed by atoms with E-state index in [1.807, 2.05) is 19.1 Å². The summed E-state index contributed by atoms with van der Waals surface area (Å²) in [4.78, 5) is 13.7. The largest absolute Gasteiger partial charge is 0.478 e. The lowest BCUT2D eigenvalue weighted by atomic mass is 10.0. The summed E-state index contributed by atoms with van der Waals surface area (Å²) in [5.74, 6) is -0.829. The number of para-hydroxylation sites is 1. The Balaban J connectivity index is 2.44. The summed E-state index contributed by atoms with van der Waals surface area (Å²) in [6.45, 7) is 5.16. The van der Waals surface area contributed by atoms with Gasteiger partial charge in [0.2, 0.25) is 0 Å². The van der Waals surface area contributed by atoms with Crippen LogP contribution in [0, 0.1) is 6.92 Å². The zero-order valence-corrected chi connectivity index (χ0v) is 11.1. The van der Waals surface area contributed by atoms with E-state index in [0.29, 0.717) is 11.6 Å². The molecule has 3 nitrogen and oxygen atoms in total. The summed E-state index contributed by atoms with van der Waals surface area (Å²) in [5, 5.41) is 9.35. The maximum atomic E-state index is 11.4. The summed E-state index contributed by atoms with van der Waals surface area (Å²) in [6.07, 6.45) is 4.78. The lowest BCUT2D eigenvalue weighted by Crippen LogP contribution is -2.34. The Labute approximate surface area is 108 Å². The molecule has 1 aromatic rings. The van der Waals surface area contributed by atoms with Gasteiger partial charge in [0, 0.05) is 12.6 Å². The van der Waals surface area contributed by atoms with Crippen LogP contribution in [0.3, 0.4) is 0 Å². The smallest absolute Gasteiger partial charge is 0.337 e. The Morgan fingerprint density at radius 3 is 2.83 bits per heavy atom. The maximum absolute atomic E-state index is 11.4. The van der Waals surface area contributed by atoms with Gasteiger partial charge in [-0.25, -0.2) is 4.79 Å². The number of nitrogens with zero attached hydrogens (tertiary/aromatic N) is 1. The fourth-order valence-corrected chi connectivity index (χ4v) is 2.82. The normalized spacial score (nSPS) is 20.6. The second-order valence-electron chi connectivity index (χ2n) is 5.17. The molecule has 0 bridgehead atoms. The van der Waals surface area contributed by atoms with Gasteiger partial charge >= 0.3 is 5.97 Å². The van der Waals surface area contributed by atoms with Gasteiger partial charge in [0.25, 0.3) is 0 Å². The minimum absolute atomic E-state index is 0.423. The second-order valence-corrected chi connectivity index (χ2v) is 5.17. The lowest BCUT2D eigenvalue weighted by molar-refractivity contribution is 0.0697. The van der Waals surface area contributed by atoms with E-state index in [4.69, 9.17) is 0 Å². The van der Waals surface area contributed by atoms with Crippen LogP contribution >= 0.6 is 0 Å². The Morgan fingerprint density at radius 1 is 1.33 bits per heavy atom. The third kappa shape index (κ3) is 2.50. The molecule has 0 spiro atoms. The monoisotopic (exact) mass is 247 g/mol. The van der Waals surface area contributed by atoms with E-state index in [-0.39, 0.29) is 0 Å². The Kier molecular flexibility index (Phi) is 3.90. The van der Waals surface area contributed by atoms with Crippen molar-refractivity contribution in [1.29, 1.82) is 0 Å². The minimum atomic E-state index is -0.829. The van der Waals surface area contributed by atoms with Crippen LogP contribution in [0.4, 0.5) is 5.69 Å². The number of carbonyl (C=O) groups is 1. The summed E-state index contributed by atoms with van der Waals surface area (Å²) < 4.78 is 0. The van der Waals surface area contributed by atoms with E-state index in [1.54, 1.807) is 6.07 Å². The highest BCUT2D eigenvalue weighted by Crippen LogP contribution is 2.30. The highest BCUT2D eigenvalue weighted by molar-refractivity contribution is 5.95. The minimum Gasteiger partial charge on any atom is -0.478 e. The molecule has 0 aliphatic carbocycles. The van der Waals surface area contributed by atoms with Crippen LogP contribution in [0.1, 0.15) is 48.5 Å². The van der Waals surface area contributed by atoms with Crippen molar-refractivity contribution in [3.63, 3.8) is 0 Å². The van der Waals surface area contributed by atoms with Gasteiger partial charge in [-0.2, -0.15) is 0 Å². The molecule has 1 N–H and O–H groups in total. The zero-order valence-electron chi connectivity index (χ0n) is 11.1. The number of hydrogen-bond acceptors (Lipinski definition) is 2. The molecule has 1 aliphatic rings. The van der Waals surface area contributed by atoms with Crippen LogP contribution in [0.2, 0.25) is 0 Å². The second kappa shape index (κ2) is 5.42. The van der Waals surface area contributed by atoms with Crippen LogP contribution in [-0.2, 0) is 0 Å². The quantitative estimate of drug-likeness (QED) is 0.870. The standard InChI is InChI=1S/C15H21NO2/c1-11-7-6-9-13(15(17)18)14(11)16-10-5-3-4-8-12(16)2/h6-7,9,12H,3-5,8,10H2,1-2H3,(H,17,18). The van der Waals surface area contributed by atoms with Gasteiger partial charge in [0.15, 0.2) is 0 Å². The number of carboxylic acids is 1. The molecule has 1 aliphatic heterocycles. The number of anilines is 1. The lowest BCUT2D eigenvalue weighted by Gasteiger charge is -2.32. The molecule has 0 amide bonds. The van der Waals surface area contributed by atoms with E-state index < -0.39 is 5.97 Å². The average molecular weight is 247 g/mol. The van der Waals surface area contributed by atoms with Gasteiger partial charge in [0.05, 0.1) is 11.3 Å². The number of hydrogen-bond donors (Lipinski definition) is 1. The molecule has 18 heavy (non-hydrogen) atoms. The van der Waals surface area contributed by atoms with Crippen molar-refractivity contribution in [2.75, 3.05) is 11.4 Å². The molecular formula is C15H21NO2. The average Bonchev–Trinajstić information content (AvgIpc) is 2.54. The summed E-state index contributed by atoms with van der Waals surface area (Å²) in [5.41, 5.74) is 2.41. The van der Waals surface area contributed by atoms with Gasteiger partial charge in [-0.05, 0) is 38.3 Å². The SMILES string of the molecule is Cc1cccc(C(=O)O)c1N1CCCCCC1C. The van der Waals surface area contributed by atoms with Crippen LogP contribution in [0.15, 0.2) is 18.2 Å². The van der Waals surface area contributed by atoms with Gasteiger partial charge in [0.1, 0.15) is 0 Å². The van der Waals surface area contributed by atoms with Crippen molar-refractivity contribution in [2.45, 2.75) is 45.6 Å². The van der Waals surface area contributed by atoms with E-state index in [0.717, 1.165) is 30.6 Å². The Hall–Kier alpha value is -1.51. The topological polar surface area (TPSA) is 40.5 Å². The van der Waals surface area contributed by atoms with Crippen molar-refractivity contribution in [2.24, 2.45) is 0 Å². The van der Waals surface area contributed by atoms with Crippen molar-refractivity contribution < 1.29 is 9.90 Å². The highest BCUT2D eigenvalue weighted by Gasteiger charge is 2.23. The summed E-state index contributed by atoms with van der Waals surface area (Å²) >= 11 is 0. The number of rotatable bonds is 2. The third-order valence-corrected chi connectivity index (χ3v) is 3.81. The molecule has 1 saturated heterocycles. The Morgan fingerprint density at radius 2 is 2.11 bits per heavy atom. The third-order valence-electron chi connectivity index (χ3n) is 3.81. The van der Waals surface area contributed by atoms with E-state index >= 15 is 0 Å². The highest BCUT2D eigenvalue weighted by atomic mass is 16.4. The van der Waals surface area contributed by atoms with Crippen molar-refractivity contribution in [1.82, 2.24) is 0 Å². The first-order valence-corrected chi connectivity index (χ1v) is 6.71. The molecule has 1 aromatic carbocycles. The van der Waals surface area contributed by atoms with Crippen molar-refractivity contribution in [3.8, 4) is 0 Å². The fraction of sp³-hybridized carbons (Fsp3) is 0.533. The molecule has 2 rings (SSSR count). The van der Waals surface area contributed by atoms with E-state index in [2.05, 4.69) is 11.8 Å². The zero-order chi connectivity index (χ0) is 13.1. The summed E-state index contributed by atoms with van der Waals surface area (Å²) in [6, 6.07) is 5.96. The first-order chi connectivity index (χ1) is 8.61. The predicted octanol–water partition coefficient (Wildman–Crippen LogP) is 3.46. The molecule has 1 atom stereocenters. The molecule has 98 valence electrons. The predicted molar refractivity (Wildman–Crippen MR) is 73.4 cm³/mol. The molecule has 0 saturated carbocycles. The summed E-state index contributed by atoms with van der Waals surface area (Å²) in [7, 11) is 0. The van der Waals surface area contributed by atoms with Crippen molar-refractivity contribution >= 4 is 11.7 Å². The number of carboxylic acid groups (broad SMARTS) is 1. The van der Waals surface area contributed by atoms with Gasteiger partial charge in [-0.3, -0.25) is 0 Å². The van der Waals surface area contributed by atoms with Crippen LogP contribution in [0.5, 0.6) is 0 Å². The van der Waals surface area contributed by atoms with Gasteiger partial charge < -0.3 is 10.0 Å². The molecule has 3 heteroatoms. The number of benzene rings is 1. The first-order valence-electron chi connectivity index (χ1n) is 6.71. The van der Waals surface area contributed by atoms with Crippen LogP contribution in [0.25, 0.3) is 0 Å². The van der Waals surface area contributed by atoms with Crippen molar-refractivity contribution in [3.05, 3.63) is 29.3 Å². The molecule has 0 aromatic heterocycles. The van der Waals surface area contributed by atoms with Crippen LogP contribution < -0.4 is 4.90 Å². The fourth-order valence-electron chi connectivity index (χ4n) is 2.82. The molecule has 0 radical (unpaired) electrons. The molecular weight excluding hydrogens is 226 g/mol. The van der Waals surface area contributed by atoms with Gasteiger partial charge in [-0.15, -0.1) is 0 Å². The Bertz CT molecular complexity index is 442. The number of aromatic carboxylic acids is 1. The van der Waals surface area contributed by atoms with E-state index in [9.17, 15) is 9.90 Å². The number of aryl methyl sites for hydroxylation is 1. The van der Waals surface area contributed by atoms with Crippen LogP contribution in [-0.4, -0.2) is 23.7 Å². The molecule has 1 fully saturated rings. The maximum Gasteiger partial charge on any atom is 0.337 e. The first kappa shape index (κ1) is 12.9. The van der Waals surface area contributed by atoms with Gasteiger partial charge in [-0.1, -0.05) is 25.0 Å². The molecule has 1 heterocycles. The molecule has 1 unspecified atom stereocenters.